The highest BCUT2D eigenvalue weighted by Crippen LogP contribution is 2.34. The van der Waals surface area contributed by atoms with E-state index in [1.54, 1.807) is 36.4 Å². The number of hydrogen-bond acceptors (Lipinski definition) is 4. The van der Waals surface area contributed by atoms with E-state index in [0.29, 0.717) is 22.5 Å². The normalized spacial score (nSPS) is 11.1. The molecule has 0 unspecified atom stereocenters. The Bertz CT molecular complexity index is 1320. The number of benzene rings is 3. The van der Waals surface area contributed by atoms with Crippen molar-refractivity contribution in [3.8, 4) is 11.1 Å². The molecule has 6 nitrogen and oxygen atoms in total. The number of aryl methyl sites for hydroxylation is 1. The molecule has 4 aromatic rings. The molecule has 4 rings (SSSR count). The lowest BCUT2D eigenvalue weighted by Gasteiger charge is -2.10. The quantitative estimate of drug-likeness (QED) is 0.269. The van der Waals surface area contributed by atoms with Crippen LogP contribution in [0.2, 0.25) is 0 Å². The Morgan fingerprint density at radius 2 is 1.71 bits per heavy atom. The van der Waals surface area contributed by atoms with Crippen LogP contribution in [-0.2, 0) is 16.5 Å². The van der Waals surface area contributed by atoms with Crippen LogP contribution in [0.4, 0.5) is 10.1 Å². The van der Waals surface area contributed by atoms with Gasteiger partial charge in [0.2, 0.25) is 0 Å². The molecule has 1 aromatic heterocycles. The summed E-state index contributed by atoms with van der Waals surface area (Å²) in [6.45, 7) is 1.95. The van der Waals surface area contributed by atoms with Gasteiger partial charge in [-0.3, -0.25) is 15.6 Å². The standard InChI is InChI=1S/C23H20FN3O3S/c1-14-3-2-4-19-20(16-7-9-17(24)10-8-16)22(25-21(14)19)23(28)27-26-18-11-5-15(6-12-18)13-31(29)30/h2-12,25-26,31H,13H2,1H3,(H,27,28). The molecule has 8 heteroatoms. The second-order valence-electron chi connectivity index (χ2n) is 7.15. The van der Waals surface area contributed by atoms with Crippen LogP contribution in [0.15, 0.2) is 66.7 Å². The summed E-state index contributed by atoms with van der Waals surface area (Å²) < 4.78 is 35.1. The third kappa shape index (κ3) is 4.44. The predicted molar refractivity (Wildman–Crippen MR) is 120 cm³/mol. The molecule has 0 saturated carbocycles. The average molecular weight is 437 g/mol. The van der Waals surface area contributed by atoms with E-state index in [1.165, 1.54) is 12.1 Å². The fraction of sp³-hybridized carbons (Fsp3) is 0.0870. The first-order chi connectivity index (χ1) is 14.9. The van der Waals surface area contributed by atoms with Crippen molar-refractivity contribution in [1.29, 1.82) is 0 Å². The molecule has 0 aliphatic heterocycles. The Kier molecular flexibility index (Phi) is 5.73. The molecule has 158 valence electrons. The number of H-pyrrole nitrogens is 1. The van der Waals surface area contributed by atoms with Gasteiger partial charge in [0.05, 0.1) is 11.4 Å². The number of aromatic nitrogens is 1. The molecule has 0 radical (unpaired) electrons. The number of hydrazine groups is 1. The molecular weight excluding hydrogens is 417 g/mol. The number of carbonyl (C=O) groups excluding carboxylic acids is 1. The van der Waals surface area contributed by atoms with Crippen molar-refractivity contribution in [2.45, 2.75) is 12.7 Å². The zero-order valence-corrected chi connectivity index (χ0v) is 17.5. The van der Waals surface area contributed by atoms with E-state index in [-0.39, 0.29) is 17.5 Å². The Morgan fingerprint density at radius 3 is 2.39 bits per heavy atom. The summed E-state index contributed by atoms with van der Waals surface area (Å²) in [7, 11) is -2.49. The average Bonchev–Trinajstić information content (AvgIpc) is 3.14. The summed E-state index contributed by atoms with van der Waals surface area (Å²) in [6, 6.07) is 18.5. The smallest absolute Gasteiger partial charge is 0.286 e. The van der Waals surface area contributed by atoms with Crippen molar-refractivity contribution in [3.63, 3.8) is 0 Å². The molecule has 1 amide bonds. The topological polar surface area (TPSA) is 91.1 Å². The molecular formula is C23H20FN3O3S. The summed E-state index contributed by atoms with van der Waals surface area (Å²) in [4.78, 5) is 16.2. The van der Waals surface area contributed by atoms with Gasteiger partial charge in [0.1, 0.15) is 22.2 Å². The second kappa shape index (κ2) is 8.61. The molecule has 0 fully saturated rings. The summed E-state index contributed by atoms with van der Waals surface area (Å²) in [5, 5.41) is 0.868. The SMILES string of the molecule is Cc1cccc2c(-c3ccc(F)cc3)c(C(=O)NNc3ccc(C[SH](=O)=O)cc3)[nH]c12. The maximum atomic E-state index is 13.4. The molecule has 3 N–H and O–H groups in total. The molecule has 0 bridgehead atoms. The van der Waals surface area contributed by atoms with E-state index in [4.69, 9.17) is 0 Å². The molecule has 3 aromatic carbocycles. The Balaban J connectivity index is 1.64. The number of aromatic amines is 1. The number of para-hydroxylation sites is 1. The number of fused-ring (bicyclic) bond motifs is 1. The number of nitrogens with one attached hydrogen (secondary N) is 3. The summed E-state index contributed by atoms with van der Waals surface area (Å²) in [5.74, 6) is -0.767. The van der Waals surface area contributed by atoms with Crippen molar-refractivity contribution < 1.29 is 17.6 Å². The predicted octanol–water partition coefficient (Wildman–Crippen LogP) is 4.15. The van der Waals surface area contributed by atoms with Crippen LogP contribution < -0.4 is 10.9 Å². The minimum atomic E-state index is -2.49. The number of carbonyl (C=O) groups is 1. The van der Waals surface area contributed by atoms with Gasteiger partial charge in [-0.2, -0.15) is 0 Å². The van der Waals surface area contributed by atoms with E-state index >= 15 is 0 Å². The lowest BCUT2D eigenvalue weighted by atomic mass is 10.0. The third-order valence-electron chi connectivity index (χ3n) is 4.99. The van der Waals surface area contributed by atoms with E-state index in [9.17, 15) is 17.6 Å². The van der Waals surface area contributed by atoms with Crippen LogP contribution in [0.3, 0.4) is 0 Å². The van der Waals surface area contributed by atoms with Crippen LogP contribution in [0, 0.1) is 12.7 Å². The van der Waals surface area contributed by atoms with Gasteiger partial charge in [0.15, 0.2) is 0 Å². The number of thiol groups is 1. The van der Waals surface area contributed by atoms with Crippen molar-refractivity contribution in [3.05, 3.63) is 89.4 Å². The summed E-state index contributed by atoms with van der Waals surface area (Å²) in [5.41, 5.74) is 10.4. The first kappa shape index (κ1) is 20.6. The van der Waals surface area contributed by atoms with Crippen molar-refractivity contribution in [2.24, 2.45) is 0 Å². The minimum Gasteiger partial charge on any atom is -0.350 e. The van der Waals surface area contributed by atoms with Crippen LogP contribution in [0.5, 0.6) is 0 Å². The number of rotatable bonds is 6. The van der Waals surface area contributed by atoms with E-state index in [0.717, 1.165) is 22.0 Å². The fourth-order valence-corrected chi connectivity index (χ4v) is 3.99. The van der Waals surface area contributed by atoms with Gasteiger partial charge in [-0.1, -0.05) is 42.5 Å². The number of halogens is 1. The Morgan fingerprint density at radius 1 is 1.00 bits per heavy atom. The molecule has 0 atom stereocenters. The van der Waals surface area contributed by atoms with Crippen LogP contribution in [0.25, 0.3) is 22.0 Å². The van der Waals surface area contributed by atoms with Crippen molar-refractivity contribution in [2.75, 3.05) is 5.43 Å². The van der Waals surface area contributed by atoms with Crippen molar-refractivity contribution >= 4 is 33.2 Å². The molecule has 0 aliphatic rings. The lowest BCUT2D eigenvalue weighted by molar-refractivity contribution is 0.0959. The van der Waals surface area contributed by atoms with Gasteiger partial charge in [-0.25, -0.2) is 12.8 Å². The molecule has 0 spiro atoms. The number of anilines is 1. The summed E-state index contributed by atoms with van der Waals surface area (Å²) in [6.07, 6.45) is 0. The maximum Gasteiger partial charge on any atom is 0.286 e. The molecule has 0 saturated heterocycles. The highest BCUT2D eigenvalue weighted by atomic mass is 32.2. The van der Waals surface area contributed by atoms with E-state index in [2.05, 4.69) is 15.8 Å². The lowest BCUT2D eigenvalue weighted by Crippen LogP contribution is -2.30. The first-order valence-electron chi connectivity index (χ1n) is 9.56. The Hall–Kier alpha value is -3.65. The Labute approximate surface area is 180 Å². The zero-order valence-electron chi connectivity index (χ0n) is 16.6. The van der Waals surface area contributed by atoms with Gasteiger partial charge in [0.25, 0.3) is 5.91 Å². The first-order valence-corrected chi connectivity index (χ1v) is 10.9. The second-order valence-corrected chi connectivity index (χ2v) is 8.13. The van der Waals surface area contributed by atoms with Crippen LogP contribution >= 0.6 is 0 Å². The monoisotopic (exact) mass is 437 g/mol. The highest BCUT2D eigenvalue weighted by Gasteiger charge is 2.20. The summed E-state index contributed by atoms with van der Waals surface area (Å²) >= 11 is 0. The zero-order chi connectivity index (χ0) is 22.0. The van der Waals surface area contributed by atoms with E-state index in [1.807, 2.05) is 25.1 Å². The van der Waals surface area contributed by atoms with Crippen molar-refractivity contribution in [1.82, 2.24) is 10.4 Å². The minimum absolute atomic E-state index is 0.0303. The molecule has 0 aliphatic carbocycles. The van der Waals surface area contributed by atoms with Crippen LogP contribution in [0.1, 0.15) is 21.6 Å². The van der Waals surface area contributed by atoms with Gasteiger partial charge < -0.3 is 4.98 Å². The van der Waals surface area contributed by atoms with Gasteiger partial charge in [-0.05, 0) is 47.9 Å². The van der Waals surface area contributed by atoms with Gasteiger partial charge in [-0.15, -0.1) is 0 Å². The molecule has 31 heavy (non-hydrogen) atoms. The maximum absolute atomic E-state index is 13.4. The van der Waals surface area contributed by atoms with Gasteiger partial charge >= 0.3 is 0 Å². The van der Waals surface area contributed by atoms with E-state index < -0.39 is 10.7 Å². The number of amides is 1. The molecule has 1 heterocycles. The fourth-order valence-electron chi connectivity index (χ4n) is 3.48. The largest absolute Gasteiger partial charge is 0.350 e. The van der Waals surface area contributed by atoms with Crippen LogP contribution in [-0.4, -0.2) is 19.3 Å². The van der Waals surface area contributed by atoms with Gasteiger partial charge in [0, 0.05) is 16.5 Å². The highest BCUT2D eigenvalue weighted by molar-refractivity contribution is 7.71. The number of hydrogen-bond donors (Lipinski definition) is 4. The third-order valence-corrected chi connectivity index (χ3v) is 5.61.